The minimum absolute atomic E-state index is 0.103. The van der Waals surface area contributed by atoms with Crippen LogP contribution < -0.4 is 0 Å². The fraction of sp³-hybridized carbons (Fsp3) is 0.250. The molecular weight excluding hydrogens is 302 g/mol. The van der Waals surface area contributed by atoms with Gasteiger partial charge in [0, 0.05) is 24.7 Å². The normalized spacial score (nSPS) is 11.2. The summed E-state index contributed by atoms with van der Waals surface area (Å²) in [6.07, 6.45) is 4.74. The predicted molar refractivity (Wildman–Crippen MR) is 76.8 cm³/mol. The average Bonchev–Trinajstić information content (AvgIpc) is 2.96. The topological polar surface area (TPSA) is 63.9 Å². The van der Waals surface area contributed by atoms with Gasteiger partial charge in [-0.1, -0.05) is 11.6 Å². The molecule has 0 saturated carbocycles. The van der Waals surface area contributed by atoms with Crippen LogP contribution in [0.15, 0.2) is 17.7 Å². The van der Waals surface area contributed by atoms with Gasteiger partial charge in [0.05, 0.1) is 12.8 Å². The number of esters is 1. The Balaban J connectivity index is 2.12. The van der Waals surface area contributed by atoms with Gasteiger partial charge in [-0.3, -0.25) is 14.0 Å². The Bertz CT molecular complexity index is 677. The van der Waals surface area contributed by atoms with E-state index in [2.05, 4.69) is 9.72 Å². The van der Waals surface area contributed by atoms with Crippen molar-refractivity contribution >= 4 is 45.9 Å². The van der Waals surface area contributed by atoms with Crippen LogP contribution in [0, 0.1) is 0 Å². The van der Waals surface area contributed by atoms with Crippen LogP contribution in [0.5, 0.6) is 0 Å². The second kappa shape index (κ2) is 6.06. The largest absolute Gasteiger partial charge is 0.468 e. The Hall–Kier alpha value is -1.86. The molecule has 0 aliphatic heterocycles. The summed E-state index contributed by atoms with van der Waals surface area (Å²) in [5.41, 5.74) is 0.628. The highest BCUT2D eigenvalue weighted by atomic mass is 35.5. The SMILES string of the molecule is COC(=O)CN(C)C(=O)C=Cc1c(Cl)nc2sccn12. The summed E-state index contributed by atoms with van der Waals surface area (Å²) in [4.78, 5) is 29.1. The molecule has 0 aromatic carbocycles. The van der Waals surface area contributed by atoms with Gasteiger partial charge in [0.1, 0.15) is 6.54 Å². The molecule has 0 radical (unpaired) electrons. The number of nitrogens with zero attached hydrogens (tertiary/aromatic N) is 3. The molecule has 2 aromatic heterocycles. The molecule has 20 heavy (non-hydrogen) atoms. The fourth-order valence-corrected chi connectivity index (χ4v) is 2.54. The first-order valence-electron chi connectivity index (χ1n) is 5.64. The fourth-order valence-electron chi connectivity index (χ4n) is 1.54. The molecule has 0 unspecified atom stereocenters. The van der Waals surface area contributed by atoms with Crippen LogP contribution in [0.25, 0.3) is 11.0 Å². The molecule has 2 aromatic rings. The van der Waals surface area contributed by atoms with E-state index in [1.165, 1.54) is 36.5 Å². The number of halogens is 1. The second-order valence-corrected chi connectivity index (χ2v) is 5.18. The maximum atomic E-state index is 11.8. The minimum Gasteiger partial charge on any atom is -0.468 e. The van der Waals surface area contributed by atoms with E-state index in [-0.39, 0.29) is 12.5 Å². The zero-order chi connectivity index (χ0) is 14.7. The maximum Gasteiger partial charge on any atom is 0.325 e. The third-order valence-corrected chi connectivity index (χ3v) is 3.64. The first kappa shape index (κ1) is 14.5. The summed E-state index contributed by atoms with van der Waals surface area (Å²) >= 11 is 7.45. The third-order valence-electron chi connectivity index (χ3n) is 2.61. The summed E-state index contributed by atoms with van der Waals surface area (Å²) in [5, 5.41) is 2.21. The number of hydrogen-bond donors (Lipinski definition) is 0. The minimum atomic E-state index is -0.475. The van der Waals surface area contributed by atoms with Crippen molar-refractivity contribution in [3.05, 3.63) is 28.5 Å². The number of rotatable bonds is 4. The van der Waals surface area contributed by atoms with Gasteiger partial charge in [-0.25, -0.2) is 4.98 Å². The molecule has 2 rings (SSSR count). The van der Waals surface area contributed by atoms with Crippen molar-refractivity contribution in [1.29, 1.82) is 0 Å². The number of amides is 1. The van der Waals surface area contributed by atoms with Crippen molar-refractivity contribution in [2.45, 2.75) is 0 Å². The van der Waals surface area contributed by atoms with Crippen molar-refractivity contribution < 1.29 is 14.3 Å². The predicted octanol–water partition coefficient (Wildman–Crippen LogP) is 1.69. The van der Waals surface area contributed by atoms with E-state index in [1.807, 2.05) is 11.6 Å². The van der Waals surface area contributed by atoms with Gasteiger partial charge in [-0.2, -0.15) is 0 Å². The Kier molecular flexibility index (Phi) is 4.41. The molecule has 0 aliphatic carbocycles. The Morgan fingerprint density at radius 2 is 2.35 bits per heavy atom. The molecule has 0 N–H and O–H groups in total. The molecule has 0 bridgehead atoms. The molecule has 0 fully saturated rings. The van der Waals surface area contributed by atoms with Crippen molar-refractivity contribution in [1.82, 2.24) is 14.3 Å². The van der Waals surface area contributed by atoms with Gasteiger partial charge in [0.25, 0.3) is 0 Å². The number of thiazole rings is 1. The monoisotopic (exact) mass is 313 g/mol. The van der Waals surface area contributed by atoms with Gasteiger partial charge >= 0.3 is 5.97 Å². The molecule has 0 spiro atoms. The molecular formula is C12H12ClN3O3S. The quantitative estimate of drug-likeness (QED) is 0.636. The van der Waals surface area contributed by atoms with Crippen molar-refractivity contribution in [3.63, 3.8) is 0 Å². The van der Waals surface area contributed by atoms with Crippen LogP contribution in [0.4, 0.5) is 0 Å². The van der Waals surface area contributed by atoms with Gasteiger partial charge in [0.15, 0.2) is 10.1 Å². The van der Waals surface area contributed by atoms with Crippen LogP contribution >= 0.6 is 22.9 Å². The molecule has 106 valence electrons. The first-order chi connectivity index (χ1) is 9.52. The van der Waals surface area contributed by atoms with Crippen molar-refractivity contribution in [2.75, 3.05) is 20.7 Å². The molecule has 2 heterocycles. The molecule has 8 heteroatoms. The van der Waals surface area contributed by atoms with E-state index in [0.29, 0.717) is 10.8 Å². The van der Waals surface area contributed by atoms with Crippen LogP contribution in [0.1, 0.15) is 5.69 Å². The van der Waals surface area contributed by atoms with Gasteiger partial charge < -0.3 is 9.64 Å². The average molecular weight is 314 g/mol. The Morgan fingerprint density at radius 3 is 3.05 bits per heavy atom. The first-order valence-corrected chi connectivity index (χ1v) is 6.89. The summed E-state index contributed by atoms with van der Waals surface area (Å²) in [6.45, 7) is -0.103. The van der Waals surface area contributed by atoms with Gasteiger partial charge in [-0.15, -0.1) is 11.3 Å². The lowest BCUT2D eigenvalue weighted by Gasteiger charge is -2.12. The zero-order valence-electron chi connectivity index (χ0n) is 10.9. The molecule has 1 amide bonds. The number of hydrogen-bond acceptors (Lipinski definition) is 5. The summed E-state index contributed by atoms with van der Waals surface area (Å²) < 4.78 is 6.29. The molecule has 0 aliphatic rings. The number of imidazole rings is 1. The standard InChI is InChI=1S/C12H12ClN3O3S/c1-15(7-10(18)19-2)9(17)4-3-8-11(13)14-12-16(8)5-6-20-12/h3-6H,7H2,1-2H3. The smallest absolute Gasteiger partial charge is 0.325 e. The van der Waals surface area contributed by atoms with Crippen LogP contribution in [0.3, 0.4) is 0 Å². The van der Waals surface area contributed by atoms with E-state index < -0.39 is 5.97 Å². The Labute approximate surface area is 124 Å². The number of aromatic nitrogens is 2. The van der Waals surface area contributed by atoms with E-state index in [1.54, 1.807) is 10.5 Å². The lowest BCUT2D eigenvalue weighted by Crippen LogP contribution is -2.31. The summed E-state index contributed by atoms with van der Waals surface area (Å²) in [7, 11) is 2.79. The third kappa shape index (κ3) is 3.00. The number of ether oxygens (including phenoxy) is 1. The Morgan fingerprint density at radius 1 is 1.60 bits per heavy atom. The molecule has 0 saturated heterocycles. The maximum absolute atomic E-state index is 11.8. The van der Waals surface area contributed by atoms with Crippen LogP contribution in [-0.4, -0.2) is 46.9 Å². The number of carbonyl (C=O) groups is 2. The van der Waals surface area contributed by atoms with Crippen molar-refractivity contribution in [2.24, 2.45) is 0 Å². The molecule has 6 nitrogen and oxygen atoms in total. The number of fused-ring (bicyclic) bond motifs is 1. The van der Waals surface area contributed by atoms with E-state index in [9.17, 15) is 9.59 Å². The summed E-state index contributed by atoms with van der Waals surface area (Å²) in [5.74, 6) is -0.798. The highest BCUT2D eigenvalue weighted by Crippen LogP contribution is 2.22. The van der Waals surface area contributed by atoms with E-state index in [0.717, 1.165) is 4.96 Å². The van der Waals surface area contributed by atoms with Gasteiger partial charge in [0.2, 0.25) is 5.91 Å². The number of likely N-dealkylation sites (N-methyl/N-ethyl adjacent to an activating group) is 1. The second-order valence-electron chi connectivity index (χ2n) is 3.95. The lowest BCUT2D eigenvalue weighted by molar-refractivity contribution is -0.144. The van der Waals surface area contributed by atoms with Crippen LogP contribution in [0.2, 0.25) is 5.15 Å². The number of carbonyl (C=O) groups excluding carboxylic acids is 2. The van der Waals surface area contributed by atoms with Crippen molar-refractivity contribution in [3.8, 4) is 0 Å². The van der Waals surface area contributed by atoms with Crippen LogP contribution in [-0.2, 0) is 14.3 Å². The van der Waals surface area contributed by atoms with Gasteiger partial charge in [-0.05, 0) is 6.08 Å². The molecule has 0 atom stereocenters. The van der Waals surface area contributed by atoms with E-state index >= 15 is 0 Å². The van der Waals surface area contributed by atoms with E-state index in [4.69, 9.17) is 11.6 Å². The highest BCUT2D eigenvalue weighted by Gasteiger charge is 2.12. The highest BCUT2D eigenvalue weighted by molar-refractivity contribution is 7.15. The summed E-state index contributed by atoms with van der Waals surface area (Å²) in [6, 6.07) is 0. The lowest BCUT2D eigenvalue weighted by atomic mass is 10.3. The number of methoxy groups -OCH3 is 1. The zero-order valence-corrected chi connectivity index (χ0v) is 12.4.